The van der Waals surface area contributed by atoms with Crippen molar-refractivity contribution < 1.29 is 9.84 Å². The molecule has 4 nitrogen and oxygen atoms in total. The molecule has 1 aliphatic carbocycles. The van der Waals surface area contributed by atoms with Crippen molar-refractivity contribution in [3.05, 3.63) is 47.3 Å². The predicted octanol–water partition coefficient (Wildman–Crippen LogP) is 2.46. The van der Waals surface area contributed by atoms with Gasteiger partial charge in [-0.2, -0.15) is 5.10 Å². The number of rotatable bonds is 4. The standard InChI is InChI=1S/C15H18N2O2/c1-2-17-9-11(8-16-17)10-19-13-4-5-14-12(7-13)3-6-15(14)18/h4-5,7-9,15,18H,2-3,6,10H2,1H3/t15-/m0/s1. The molecule has 1 aromatic heterocycles. The third kappa shape index (κ3) is 2.49. The molecule has 19 heavy (non-hydrogen) atoms. The molecular formula is C15H18N2O2. The Morgan fingerprint density at radius 1 is 1.47 bits per heavy atom. The van der Waals surface area contributed by atoms with Crippen LogP contribution in [0.3, 0.4) is 0 Å². The third-order valence-electron chi connectivity index (χ3n) is 3.58. The van der Waals surface area contributed by atoms with Crippen molar-refractivity contribution in [3.8, 4) is 5.75 Å². The number of aliphatic hydroxyl groups is 1. The largest absolute Gasteiger partial charge is 0.489 e. The lowest BCUT2D eigenvalue weighted by Crippen LogP contribution is -1.96. The van der Waals surface area contributed by atoms with Crippen LogP contribution in [0.15, 0.2) is 30.6 Å². The van der Waals surface area contributed by atoms with E-state index in [1.807, 2.05) is 35.3 Å². The number of fused-ring (bicyclic) bond motifs is 1. The number of hydrogen-bond donors (Lipinski definition) is 1. The van der Waals surface area contributed by atoms with Crippen LogP contribution in [-0.2, 0) is 19.6 Å². The fraction of sp³-hybridized carbons (Fsp3) is 0.400. The first kappa shape index (κ1) is 12.2. The topological polar surface area (TPSA) is 47.3 Å². The summed E-state index contributed by atoms with van der Waals surface area (Å²) in [5.74, 6) is 0.858. The van der Waals surface area contributed by atoms with Crippen molar-refractivity contribution in [3.63, 3.8) is 0 Å². The first-order chi connectivity index (χ1) is 9.26. The number of hydrogen-bond acceptors (Lipinski definition) is 3. The van der Waals surface area contributed by atoms with Crippen LogP contribution < -0.4 is 4.74 Å². The molecule has 0 bridgehead atoms. The number of aryl methyl sites for hydroxylation is 2. The Kier molecular flexibility index (Phi) is 3.25. The molecule has 0 spiro atoms. The van der Waals surface area contributed by atoms with Crippen molar-refractivity contribution >= 4 is 0 Å². The Morgan fingerprint density at radius 2 is 2.37 bits per heavy atom. The van der Waals surface area contributed by atoms with E-state index >= 15 is 0 Å². The van der Waals surface area contributed by atoms with Crippen molar-refractivity contribution in [2.24, 2.45) is 0 Å². The molecule has 1 aromatic carbocycles. The Morgan fingerprint density at radius 3 is 3.16 bits per heavy atom. The number of aromatic nitrogens is 2. The van der Waals surface area contributed by atoms with Crippen LogP contribution in [0.25, 0.3) is 0 Å². The summed E-state index contributed by atoms with van der Waals surface area (Å²) >= 11 is 0. The van der Waals surface area contributed by atoms with Gasteiger partial charge in [-0.25, -0.2) is 0 Å². The van der Waals surface area contributed by atoms with E-state index in [1.165, 1.54) is 5.56 Å². The fourth-order valence-electron chi connectivity index (χ4n) is 2.48. The number of ether oxygens (including phenoxy) is 1. The fourth-order valence-corrected chi connectivity index (χ4v) is 2.48. The molecule has 0 unspecified atom stereocenters. The van der Waals surface area contributed by atoms with E-state index in [4.69, 9.17) is 4.74 Å². The molecule has 0 fully saturated rings. The molecule has 0 saturated heterocycles. The van der Waals surface area contributed by atoms with Gasteiger partial charge in [0.1, 0.15) is 12.4 Å². The summed E-state index contributed by atoms with van der Waals surface area (Å²) in [6.07, 6.45) is 5.29. The monoisotopic (exact) mass is 258 g/mol. The molecule has 1 aliphatic rings. The SMILES string of the molecule is CCn1cc(COc2ccc3c(c2)CC[C@@H]3O)cn1. The molecule has 0 radical (unpaired) electrons. The van der Waals surface area contributed by atoms with Crippen LogP contribution in [0.5, 0.6) is 5.75 Å². The molecule has 1 atom stereocenters. The zero-order chi connectivity index (χ0) is 13.2. The Bertz CT molecular complexity index is 577. The highest BCUT2D eigenvalue weighted by Gasteiger charge is 2.20. The van der Waals surface area contributed by atoms with E-state index in [-0.39, 0.29) is 6.10 Å². The van der Waals surface area contributed by atoms with E-state index in [9.17, 15) is 5.11 Å². The lowest BCUT2D eigenvalue weighted by atomic mass is 10.1. The van der Waals surface area contributed by atoms with Crippen LogP contribution in [0.2, 0.25) is 0 Å². The summed E-state index contributed by atoms with van der Waals surface area (Å²) in [5.41, 5.74) is 3.32. The van der Waals surface area contributed by atoms with Crippen molar-refractivity contribution in [1.29, 1.82) is 0 Å². The van der Waals surface area contributed by atoms with Gasteiger partial charge in [-0.05, 0) is 43.0 Å². The van der Waals surface area contributed by atoms with Crippen molar-refractivity contribution in [1.82, 2.24) is 9.78 Å². The van der Waals surface area contributed by atoms with Gasteiger partial charge in [-0.15, -0.1) is 0 Å². The van der Waals surface area contributed by atoms with Crippen LogP contribution >= 0.6 is 0 Å². The van der Waals surface area contributed by atoms with E-state index in [1.54, 1.807) is 0 Å². The Balaban J connectivity index is 1.67. The molecule has 1 N–H and O–H groups in total. The van der Waals surface area contributed by atoms with Crippen LogP contribution in [0.1, 0.15) is 36.1 Å². The summed E-state index contributed by atoms with van der Waals surface area (Å²) in [6.45, 7) is 3.46. The zero-order valence-electron chi connectivity index (χ0n) is 11.0. The van der Waals surface area contributed by atoms with Gasteiger partial charge < -0.3 is 9.84 Å². The molecule has 2 aromatic rings. The molecule has 4 heteroatoms. The summed E-state index contributed by atoms with van der Waals surface area (Å²) in [4.78, 5) is 0. The summed E-state index contributed by atoms with van der Waals surface area (Å²) in [7, 11) is 0. The zero-order valence-corrected chi connectivity index (χ0v) is 11.0. The maximum Gasteiger partial charge on any atom is 0.120 e. The number of nitrogens with zero attached hydrogens (tertiary/aromatic N) is 2. The van der Waals surface area contributed by atoms with Gasteiger partial charge in [0.05, 0.1) is 12.3 Å². The van der Waals surface area contributed by atoms with Crippen LogP contribution in [0, 0.1) is 0 Å². The maximum absolute atomic E-state index is 9.76. The predicted molar refractivity (Wildman–Crippen MR) is 72.0 cm³/mol. The molecule has 0 amide bonds. The average molecular weight is 258 g/mol. The average Bonchev–Trinajstić information content (AvgIpc) is 3.03. The second-order valence-corrected chi connectivity index (χ2v) is 4.91. The highest BCUT2D eigenvalue weighted by Crippen LogP contribution is 2.33. The number of aliphatic hydroxyl groups excluding tert-OH is 1. The molecule has 0 aliphatic heterocycles. The van der Waals surface area contributed by atoms with Crippen molar-refractivity contribution in [2.45, 2.75) is 39.0 Å². The van der Waals surface area contributed by atoms with Gasteiger partial charge in [0.25, 0.3) is 0 Å². The quantitative estimate of drug-likeness (QED) is 0.916. The molecule has 1 heterocycles. The molecule has 100 valence electrons. The first-order valence-corrected chi connectivity index (χ1v) is 6.71. The molecular weight excluding hydrogens is 240 g/mol. The summed E-state index contributed by atoms with van der Waals surface area (Å²) in [5, 5.41) is 14.0. The normalized spacial score (nSPS) is 17.5. The lowest BCUT2D eigenvalue weighted by molar-refractivity contribution is 0.180. The first-order valence-electron chi connectivity index (χ1n) is 6.71. The van der Waals surface area contributed by atoms with Crippen molar-refractivity contribution in [2.75, 3.05) is 0 Å². The third-order valence-corrected chi connectivity index (χ3v) is 3.58. The minimum atomic E-state index is -0.299. The highest BCUT2D eigenvalue weighted by atomic mass is 16.5. The minimum Gasteiger partial charge on any atom is -0.489 e. The van der Waals surface area contributed by atoms with Gasteiger partial charge in [0.2, 0.25) is 0 Å². The van der Waals surface area contributed by atoms with Gasteiger partial charge >= 0.3 is 0 Å². The highest BCUT2D eigenvalue weighted by molar-refractivity contribution is 5.39. The van der Waals surface area contributed by atoms with Crippen LogP contribution in [0.4, 0.5) is 0 Å². The Hall–Kier alpha value is -1.81. The molecule has 3 rings (SSSR count). The van der Waals surface area contributed by atoms with Gasteiger partial charge in [-0.3, -0.25) is 4.68 Å². The minimum absolute atomic E-state index is 0.299. The smallest absolute Gasteiger partial charge is 0.120 e. The maximum atomic E-state index is 9.76. The van der Waals surface area contributed by atoms with E-state index in [2.05, 4.69) is 12.0 Å². The summed E-state index contributed by atoms with van der Waals surface area (Å²) < 4.78 is 7.66. The van der Waals surface area contributed by atoms with Crippen LogP contribution in [-0.4, -0.2) is 14.9 Å². The summed E-state index contributed by atoms with van der Waals surface area (Å²) in [6, 6.07) is 5.94. The Labute approximate surface area is 112 Å². The second-order valence-electron chi connectivity index (χ2n) is 4.91. The number of benzene rings is 1. The van der Waals surface area contributed by atoms with E-state index < -0.39 is 0 Å². The van der Waals surface area contributed by atoms with Gasteiger partial charge in [0, 0.05) is 18.3 Å². The second kappa shape index (κ2) is 5.05. The van der Waals surface area contributed by atoms with E-state index in [0.717, 1.165) is 36.3 Å². The van der Waals surface area contributed by atoms with E-state index in [0.29, 0.717) is 6.61 Å². The van der Waals surface area contributed by atoms with Gasteiger partial charge in [0.15, 0.2) is 0 Å². The lowest BCUT2D eigenvalue weighted by Gasteiger charge is -2.08. The van der Waals surface area contributed by atoms with Gasteiger partial charge in [-0.1, -0.05) is 6.07 Å². The molecule has 0 saturated carbocycles.